The Morgan fingerprint density at radius 1 is 1.30 bits per heavy atom. The van der Waals surface area contributed by atoms with Gasteiger partial charge >= 0.3 is 5.97 Å². The number of fused-ring (bicyclic) bond motifs is 6. The van der Waals surface area contributed by atoms with E-state index < -0.39 is 16.9 Å². The molecule has 1 spiro atoms. The molecular formula is C21H13N7O2. The number of aliphatic carboxylic acids is 1. The van der Waals surface area contributed by atoms with Crippen LogP contribution in [0.25, 0.3) is 28.1 Å². The molecule has 4 fully saturated rings. The summed E-state index contributed by atoms with van der Waals surface area (Å²) >= 11 is 0. The van der Waals surface area contributed by atoms with E-state index in [-0.39, 0.29) is 11.3 Å². The van der Waals surface area contributed by atoms with E-state index in [0.717, 1.165) is 10.9 Å². The maximum Gasteiger partial charge on any atom is 0.313 e. The van der Waals surface area contributed by atoms with Gasteiger partial charge in [-0.1, -0.05) is 11.6 Å². The lowest BCUT2D eigenvalue weighted by Crippen LogP contribution is -2.73. The minimum atomic E-state index is -0.665. The summed E-state index contributed by atoms with van der Waals surface area (Å²) in [6.45, 7) is 0. The van der Waals surface area contributed by atoms with Gasteiger partial charge in [0.1, 0.15) is 16.6 Å². The van der Waals surface area contributed by atoms with Gasteiger partial charge in [0.05, 0.1) is 10.9 Å². The molecule has 0 saturated heterocycles. The monoisotopic (exact) mass is 395 g/mol. The van der Waals surface area contributed by atoms with Crippen LogP contribution in [-0.2, 0) is 4.79 Å². The van der Waals surface area contributed by atoms with Crippen LogP contribution in [0.2, 0.25) is 0 Å². The summed E-state index contributed by atoms with van der Waals surface area (Å²) < 4.78 is 1.78. The fraction of sp³-hybridized carbons (Fsp3) is 0.286. The Hall–Kier alpha value is -3.75. The fourth-order valence-electron chi connectivity index (χ4n) is 7.85. The largest absolute Gasteiger partial charge is 0.481 e. The number of carbonyl (C=O) groups is 1. The van der Waals surface area contributed by atoms with Crippen LogP contribution in [0.5, 0.6) is 0 Å². The average Bonchev–Trinajstić information content (AvgIpc) is 3.20. The summed E-state index contributed by atoms with van der Waals surface area (Å²) in [5.41, 5.74) is 2.44. The summed E-state index contributed by atoms with van der Waals surface area (Å²) in [5.74, 6) is 1.54. The van der Waals surface area contributed by atoms with Crippen LogP contribution in [0.1, 0.15) is 0 Å². The van der Waals surface area contributed by atoms with Gasteiger partial charge in [-0.05, 0) is 30.2 Å². The first-order valence-electron chi connectivity index (χ1n) is 10.1. The van der Waals surface area contributed by atoms with Gasteiger partial charge in [-0.2, -0.15) is 5.10 Å². The van der Waals surface area contributed by atoms with Gasteiger partial charge in [-0.25, -0.2) is 14.5 Å². The first-order chi connectivity index (χ1) is 14.7. The van der Waals surface area contributed by atoms with Gasteiger partial charge in [0.15, 0.2) is 11.5 Å². The second-order valence-electron chi connectivity index (χ2n) is 9.11. The van der Waals surface area contributed by atoms with E-state index >= 15 is 0 Å². The molecule has 0 amide bonds. The molecule has 4 saturated carbocycles. The molecule has 0 aliphatic heterocycles. The lowest BCUT2D eigenvalue weighted by Gasteiger charge is -2.69. The normalized spacial score (nSPS) is 39.9. The number of H-pyrrole nitrogens is 1. The molecule has 4 aromatic heterocycles. The third kappa shape index (κ3) is 0.970. The molecule has 0 radical (unpaired) electrons. The lowest BCUT2D eigenvalue weighted by atomic mass is 9.37. The van der Waals surface area contributed by atoms with Crippen molar-refractivity contribution in [2.24, 2.45) is 28.6 Å². The van der Waals surface area contributed by atoms with E-state index in [4.69, 9.17) is 4.98 Å². The number of nitrogens with one attached hydrogen (secondary N) is 2. The molecule has 2 unspecified atom stereocenters. The second-order valence-corrected chi connectivity index (χ2v) is 9.11. The number of hydrogen-bond donors (Lipinski definition) is 3. The van der Waals surface area contributed by atoms with Crippen molar-refractivity contribution in [2.45, 2.75) is 5.54 Å². The highest BCUT2D eigenvalue weighted by Crippen LogP contribution is 3.17. The Morgan fingerprint density at radius 2 is 2.23 bits per heavy atom. The van der Waals surface area contributed by atoms with Crippen molar-refractivity contribution in [3.8, 4) is 11.5 Å². The second kappa shape index (κ2) is 3.71. The average molecular weight is 395 g/mol. The Morgan fingerprint density at radius 3 is 3.10 bits per heavy atom. The van der Waals surface area contributed by atoms with Crippen molar-refractivity contribution in [3.05, 3.63) is 48.3 Å². The number of aromatic amines is 1. The topological polar surface area (TPSA) is 121 Å². The van der Waals surface area contributed by atoms with E-state index in [1.54, 1.807) is 10.7 Å². The van der Waals surface area contributed by atoms with Gasteiger partial charge in [0.25, 0.3) is 0 Å². The molecule has 144 valence electrons. The van der Waals surface area contributed by atoms with Crippen LogP contribution in [-0.4, -0.2) is 46.4 Å². The zero-order valence-electron chi connectivity index (χ0n) is 15.4. The van der Waals surface area contributed by atoms with Gasteiger partial charge in [-0.3, -0.25) is 9.89 Å². The molecule has 0 aromatic carbocycles. The van der Waals surface area contributed by atoms with Crippen LogP contribution < -0.4 is 5.32 Å². The number of allylic oxidation sites excluding steroid dienone is 1. The molecule has 4 heterocycles. The zero-order valence-corrected chi connectivity index (χ0v) is 15.4. The number of carboxylic acids is 1. The number of hydrogen-bond acceptors (Lipinski definition) is 6. The molecule has 5 aliphatic rings. The third-order valence-electron chi connectivity index (χ3n) is 8.68. The predicted molar refractivity (Wildman–Crippen MR) is 103 cm³/mol. The Bertz CT molecular complexity index is 1570. The maximum atomic E-state index is 12.3. The number of aromatic nitrogens is 6. The molecule has 9 rings (SSSR count). The highest BCUT2D eigenvalue weighted by atomic mass is 16.4. The summed E-state index contributed by atoms with van der Waals surface area (Å²) in [6.07, 6.45) is 5.85. The summed E-state index contributed by atoms with van der Waals surface area (Å²) in [5, 5.41) is 26.5. The Labute approximate surface area is 167 Å². The quantitative estimate of drug-likeness (QED) is 0.450. The van der Waals surface area contributed by atoms with Crippen molar-refractivity contribution in [1.29, 1.82) is 0 Å². The number of pyridine rings is 1. The van der Waals surface area contributed by atoms with E-state index in [2.05, 4.69) is 31.7 Å². The van der Waals surface area contributed by atoms with Crippen LogP contribution in [0.3, 0.4) is 0 Å². The first kappa shape index (κ1) is 14.3. The molecular weight excluding hydrogens is 382 g/mol. The summed E-state index contributed by atoms with van der Waals surface area (Å²) in [6, 6.07) is 7.65. The van der Waals surface area contributed by atoms with Crippen molar-refractivity contribution in [2.75, 3.05) is 5.32 Å². The van der Waals surface area contributed by atoms with Crippen molar-refractivity contribution < 1.29 is 9.90 Å². The first-order valence-corrected chi connectivity index (χ1v) is 10.1. The van der Waals surface area contributed by atoms with Crippen molar-refractivity contribution in [3.63, 3.8) is 0 Å². The van der Waals surface area contributed by atoms with Crippen LogP contribution in [0, 0.1) is 28.6 Å². The van der Waals surface area contributed by atoms with Gasteiger partial charge in [-0.15, -0.1) is 5.10 Å². The molecule has 0 bridgehead atoms. The molecule has 3 N–H and O–H groups in total. The van der Waals surface area contributed by atoms with E-state index in [9.17, 15) is 9.90 Å². The maximum absolute atomic E-state index is 12.3. The van der Waals surface area contributed by atoms with E-state index in [0.29, 0.717) is 34.8 Å². The molecule has 4 aromatic rings. The molecule has 30 heavy (non-hydrogen) atoms. The van der Waals surface area contributed by atoms with Crippen LogP contribution >= 0.6 is 0 Å². The SMILES string of the molecule is O=C(O)[C@@]12[C@@H]3C4=C[C@H]5C4C31[C@@]52Nc1nc(-c2[nH]nc3ncccc23)nn2cccc12. The predicted octanol–water partition coefficient (Wildman–Crippen LogP) is 1.72. The number of carboxylic acid groups (broad SMARTS) is 1. The van der Waals surface area contributed by atoms with Crippen molar-refractivity contribution >= 4 is 28.3 Å². The fourth-order valence-corrected chi connectivity index (χ4v) is 7.85. The van der Waals surface area contributed by atoms with Crippen LogP contribution in [0.15, 0.2) is 48.3 Å². The molecule has 5 aliphatic carbocycles. The highest BCUT2D eigenvalue weighted by molar-refractivity contribution is 6.05. The van der Waals surface area contributed by atoms with Gasteiger partial charge in [0.2, 0.25) is 5.82 Å². The van der Waals surface area contributed by atoms with E-state index in [1.165, 1.54) is 5.57 Å². The Balaban J connectivity index is 1.23. The highest BCUT2D eigenvalue weighted by Gasteiger charge is 3.25. The van der Waals surface area contributed by atoms with Gasteiger partial charge < -0.3 is 10.4 Å². The zero-order chi connectivity index (χ0) is 19.6. The lowest BCUT2D eigenvalue weighted by molar-refractivity contribution is -0.144. The standard InChI is InChI=1S/C21H13N7O2/c29-18(30)20-14-9-7-10-12(9)19(14,20)21(10,20)24-16-11-4-2-6-28(11)27-17(23-16)13-8-3-1-5-22-15(8)26-25-13/h1-7,10,12,14H,(H,29,30)(H,22,25,26)(H,23,24,27)/t10-,12?,14+,19?,20-,21-/m0/s1. The third-order valence-corrected chi connectivity index (χ3v) is 8.68. The van der Waals surface area contributed by atoms with Crippen LogP contribution in [0.4, 0.5) is 5.82 Å². The number of rotatable bonds is 4. The number of nitrogens with zero attached hydrogens (tertiary/aromatic N) is 5. The molecule has 9 nitrogen and oxygen atoms in total. The minimum Gasteiger partial charge on any atom is -0.481 e. The molecule has 9 heteroatoms. The van der Waals surface area contributed by atoms with E-state index in [1.807, 2.05) is 30.5 Å². The summed E-state index contributed by atoms with van der Waals surface area (Å²) in [7, 11) is 0. The van der Waals surface area contributed by atoms with Gasteiger partial charge in [0, 0.05) is 29.6 Å². The Kier molecular flexibility index (Phi) is 1.77. The molecule has 6 atom stereocenters. The number of anilines is 1. The van der Waals surface area contributed by atoms with Crippen molar-refractivity contribution in [1.82, 2.24) is 29.8 Å². The smallest absolute Gasteiger partial charge is 0.313 e. The minimum absolute atomic E-state index is 0.0696. The summed E-state index contributed by atoms with van der Waals surface area (Å²) in [4.78, 5) is 21.4.